The van der Waals surface area contributed by atoms with Crippen LogP contribution in [0.15, 0.2) is 34.2 Å². The smallest absolute Gasteiger partial charge is 0.296 e. The van der Waals surface area contributed by atoms with Crippen LogP contribution < -0.4 is 15.4 Å². The summed E-state index contributed by atoms with van der Waals surface area (Å²) in [4.78, 5) is 22.1. The Bertz CT molecular complexity index is 823. The van der Waals surface area contributed by atoms with E-state index >= 15 is 0 Å². The monoisotopic (exact) mass is 319 g/mol. The van der Waals surface area contributed by atoms with Crippen molar-refractivity contribution in [3.8, 4) is 5.75 Å². The number of aliphatic carboxylic acids is 1. The number of benzene rings is 1. The molecule has 1 heterocycles. The van der Waals surface area contributed by atoms with Crippen molar-refractivity contribution in [3.63, 3.8) is 0 Å². The molecule has 1 aromatic heterocycles. The number of nitrogens with one attached hydrogen (secondary N) is 1. The maximum atomic E-state index is 11.8. The van der Waals surface area contributed by atoms with Crippen LogP contribution in [0.5, 0.6) is 5.75 Å². The number of rotatable bonds is 5. The molecule has 1 aromatic carbocycles. The van der Waals surface area contributed by atoms with Crippen LogP contribution in [0.3, 0.4) is 0 Å². The molecule has 0 bridgehead atoms. The first-order valence-corrected chi connectivity index (χ1v) is 6.53. The van der Waals surface area contributed by atoms with E-state index in [0.717, 1.165) is 4.68 Å². The van der Waals surface area contributed by atoms with Crippen molar-refractivity contribution in [1.29, 1.82) is 0 Å². The molecule has 1 N–H and O–H groups in total. The Kier molecular flexibility index (Phi) is 4.79. The lowest BCUT2D eigenvalue weighted by Crippen LogP contribution is -2.28. The van der Waals surface area contributed by atoms with Crippen LogP contribution >= 0.6 is 12.2 Å². The Morgan fingerprint density at radius 1 is 1.50 bits per heavy atom. The van der Waals surface area contributed by atoms with Gasteiger partial charge in [0.15, 0.2) is 0 Å². The molecule has 0 aliphatic carbocycles. The normalized spacial score (nSPS) is 10.8. The quantitative estimate of drug-likeness (QED) is 0.594. The lowest BCUT2D eigenvalue weighted by atomic mass is 10.2. The second-order valence-electron chi connectivity index (χ2n) is 4.21. The highest BCUT2D eigenvalue weighted by Crippen LogP contribution is 2.10. The summed E-state index contributed by atoms with van der Waals surface area (Å²) in [5.74, 6) is -0.914. The third-order valence-electron chi connectivity index (χ3n) is 2.57. The zero-order valence-corrected chi connectivity index (χ0v) is 12.3. The Morgan fingerprint density at radius 2 is 2.18 bits per heavy atom. The van der Waals surface area contributed by atoms with Gasteiger partial charge in [0.1, 0.15) is 18.1 Å². The number of carboxylic acids is 1. The van der Waals surface area contributed by atoms with Crippen LogP contribution in [-0.2, 0) is 4.79 Å². The summed E-state index contributed by atoms with van der Waals surface area (Å²) < 4.78 is 6.06. The number of carboxylic acid groups (broad SMARTS) is 1. The maximum Gasteiger partial charge on any atom is 0.296 e. The molecule has 0 aliphatic heterocycles. The fourth-order valence-electron chi connectivity index (χ4n) is 1.49. The minimum Gasteiger partial charge on any atom is -0.546 e. The van der Waals surface area contributed by atoms with Gasteiger partial charge in [-0.3, -0.25) is 9.89 Å². The number of ether oxygens (including phenoxy) is 1. The van der Waals surface area contributed by atoms with Gasteiger partial charge in [-0.25, -0.2) is 0 Å². The van der Waals surface area contributed by atoms with E-state index in [4.69, 9.17) is 17.0 Å². The van der Waals surface area contributed by atoms with Gasteiger partial charge in [-0.2, -0.15) is 14.9 Å². The van der Waals surface area contributed by atoms with Crippen molar-refractivity contribution in [2.45, 2.75) is 6.92 Å². The molecule has 114 valence electrons. The van der Waals surface area contributed by atoms with Gasteiger partial charge >= 0.3 is 0 Å². The first-order valence-electron chi connectivity index (χ1n) is 6.13. The van der Waals surface area contributed by atoms with Gasteiger partial charge in [-0.05, 0) is 49.0 Å². The lowest BCUT2D eigenvalue weighted by Gasteiger charge is -2.06. The van der Waals surface area contributed by atoms with Gasteiger partial charge in [-0.1, -0.05) is 0 Å². The maximum absolute atomic E-state index is 11.8. The van der Waals surface area contributed by atoms with Crippen molar-refractivity contribution in [2.75, 3.05) is 6.61 Å². The summed E-state index contributed by atoms with van der Waals surface area (Å²) in [6, 6.07) is 6.46. The summed E-state index contributed by atoms with van der Waals surface area (Å²) in [5.41, 5.74) is 0.516. The molecule has 8 nitrogen and oxygen atoms in total. The van der Waals surface area contributed by atoms with E-state index in [1.54, 1.807) is 31.2 Å². The van der Waals surface area contributed by atoms with E-state index in [1.807, 2.05) is 0 Å². The van der Waals surface area contributed by atoms with Crippen LogP contribution in [0, 0.1) is 11.7 Å². The number of aromatic amines is 1. The molecule has 2 aromatic rings. The van der Waals surface area contributed by atoms with E-state index in [1.165, 1.54) is 6.21 Å². The third-order valence-corrected chi connectivity index (χ3v) is 2.84. The van der Waals surface area contributed by atoms with E-state index in [2.05, 4.69) is 15.3 Å². The molecule has 0 saturated heterocycles. The number of H-pyrrole nitrogens is 1. The van der Waals surface area contributed by atoms with Crippen LogP contribution in [0.2, 0.25) is 0 Å². The number of nitrogens with zero attached hydrogens (tertiary/aromatic N) is 3. The van der Waals surface area contributed by atoms with Gasteiger partial charge < -0.3 is 14.6 Å². The second-order valence-corrected chi connectivity index (χ2v) is 4.59. The molecule has 0 saturated carbocycles. The van der Waals surface area contributed by atoms with Crippen molar-refractivity contribution >= 4 is 24.4 Å². The van der Waals surface area contributed by atoms with Crippen molar-refractivity contribution in [1.82, 2.24) is 14.9 Å². The molecule has 0 atom stereocenters. The average Bonchev–Trinajstić information content (AvgIpc) is 2.50. The Labute approximate surface area is 129 Å². The first-order chi connectivity index (χ1) is 10.5. The average molecular weight is 319 g/mol. The Hall–Kier alpha value is -2.81. The van der Waals surface area contributed by atoms with Crippen molar-refractivity contribution < 1.29 is 14.6 Å². The minimum atomic E-state index is -1.30. The Morgan fingerprint density at radius 3 is 2.82 bits per heavy atom. The fraction of sp³-hybridized carbons (Fsp3) is 0.154. The number of hydrogen-bond donors (Lipinski definition) is 1. The highest BCUT2D eigenvalue weighted by molar-refractivity contribution is 7.71. The standard InChI is InChI=1S/C13H12N4O4S/c1-8-12(20)17(13(22)16-15-8)14-6-9-2-4-10(5-3-9)21-7-11(18)19/h2-6H,7H2,1H3,(H,16,22)(H,18,19)/p-1/b14-6-. The predicted octanol–water partition coefficient (Wildman–Crippen LogP) is -0.380. The first kappa shape index (κ1) is 15.6. The summed E-state index contributed by atoms with van der Waals surface area (Å²) in [7, 11) is 0. The summed E-state index contributed by atoms with van der Waals surface area (Å²) in [6.45, 7) is 1.03. The molecular formula is C13H11N4O4S-. The molecule has 0 spiro atoms. The second kappa shape index (κ2) is 6.76. The van der Waals surface area contributed by atoms with Gasteiger partial charge in [-0.15, -0.1) is 0 Å². The van der Waals surface area contributed by atoms with E-state index in [9.17, 15) is 14.7 Å². The highest BCUT2D eigenvalue weighted by Gasteiger charge is 2.01. The van der Waals surface area contributed by atoms with Crippen LogP contribution in [0.4, 0.5) is 0 Å². The summed E-state index contributed by atoms with van der Waals surface area (Å²) in [5, 5.41) is 20.5. The van der Waals surface area contributed by atoms with Gasteiger partial charge in [0.05, 0.1) is 12.2 Å². The summed E-state index contributed by atoms with van der Waals surface area (Å²) >= 11 is 4.94. The van der Waals surface area contributed by atoms with Gasteiger partial charge in [0.25, 0.3) is 5.56 Å². The number of aromatic nitrogens is 3. The largest absolute Gasteiger partial charge is 0.546 e. The van der Waals surface area contributed by atoms with E-state index in [0.29, 0.717) is 11.3 Å². The number of aryl methyl sites for hydroxylation is 1. The number of hydrogen-bond acceptors (Lipinski definition) is 7. The van der Waals surface area contributed by atoms with Gasteiger partial charge in [0, 0.05) is 0 Å². The van der Waals surface area contributed by atoms with Crippen molar-refractivity contribution in [3.05, 3.63) is 50.6 Å². The third kappa shape index (κ3) is 3.85. The number of carbonyl (C=O) groups excluding carboxylic acids is 1. The zero-order valence-electron chi connectivity index (χ0n) is 11.5. The zero-order chi connectivity index (χ0) is 16.1. The molecule has 22 heavy (non-hydrogen) atoms. The fourth-order valence-corrected chi connectivity index (χ4v) is 1.67. The molecule has 0 unspecified atom stereocenters. The van der Waals surface area contributed by atoms with Crippen LogP contribution in [0.25, 0.3) is 0 Å². The Balaban J connectivity index is 2.18. The molecule has 0 fully saturated rings. The molecule has 9 heteroatoms. The predicted molar refractivity (Wildman–Crippen MR) is 78.4 cm³/mol. The van der Waals surface area contributed by atoms with E-state index in [-0.39, 0.29) is 10.5 Å². The summed E-state index contributed by atoms with van der Waals surface area (Å²) in [6.07, 6.45) is 1.44. The van der Waals surface area contributed by atoms with Crippen molar-refractivity contribution in [2.24, 2.45) is 5.10 Å². The molecule has 0 aliphatic rings. The van der Waals surface area contributed by atoms with Gasteiger partial charge in [0.2, 0.25) is 4.77 Å². The molecule has 0 radical (unpaired) electrons. The SMILES string of the molecule is Cc1n[nH]c(=S)n(/N=C\c2ccc(OCC(=O)[O-])cc2)c1=O. The molecular weight excluding hydrogens is 308 g/mol. The van der Waals surface area contributed by atoms with E-state index < -0.39 is 18.1 Å². The highest BCUT2D eigenvalue weighted by atomic mass is 32.1. The van der Waals surface area contributed by atoms with Crippen LogP contribution in [0.1, 0.15) is 11.3 Å². The van der Waals surface area contributed by atoms with Crippen LogP contribution in [-0.4, -0.2) is 33.7 Å². The number of carbonyl (C=O) groups is 1. The minimum absolute atomic E-state index is 0.0840. The molecule has 2 rings (SSSR count). The molecule has 0 amide bonds. The lowest BCUT2D eigenvalue weighted by molar-refractivity contribution is -0.307. The topological polar surface area (TPSA) is 112 Å².